The van der Waals surface area contributed by atoms with Gasteiger partial charge >= 0.3 is 0 Å². The summed E-state index contributed by atoms with van der Waals surface area (Å²) < 4.78 is 54.6. The molecule has 0 atom stereocenters. The van der Waals surface area contributed by atoms with Crippen molar-refractivity contribution >= 4 is 49.9 Å². The van der Waals surface area contributed by atoms with E-state index in [0.717, 1.165) is 25.0 Å². The van der Waals surface area contributed by atoms with Crippen LogP contribution in [0, 0.1) is 11.6 Å². The van der Waals surface area contributed by atoms with Gasteiger partial charge in [0.25, 0.3) is 0 Å². The van der Waals surface area contributed by atoms with Crippen LogP contribution in [-0.2, 0) is 38.3 Å². The minimum atomic E-state index is -3.80. The Labute approximate surface area is 251 Å². The predicted octanol–water partition coefficient (Wildman–Crippen LogP) is 4.45. The molecule has 0 radical (unpaired) electrons. The molecule has 0 spiro atoms. The van der Waals surface area contributed by atoms with Gasteiger partial charge in [0, 0.05) is 30.5 Å². The number of aromatic nitrogens is 2. The van der Waals surface area contributed by atoms with Crippen LogP contribution in [0.1, 0.15) is 41.4 Å². The molecule has 1 heterocycles. The number of rotatable bonds is 11. The summed E-state index contributed by atoms with van der Waals surface area (Å²) in [6, 6.07) is 13.6. The van der Waals surface area contributed by atoms with E-state index in [9.17, 15) is 31.6 Å². The minimum absolute atomic E-state index is 0.0380. The van der Waals surface area contributed by atoms with Gasteiger partial charge in [0.2, 0.25) is 11.8 Å². The normalized spacial score (nSPS) is 13.2. The van der Waals surface area contributed by atoms with E-state index in [1.54, 1.807) is 24.3 Å². The lowest BCUT2D eigenvalue weighted by Gasteiger charge is -2.22. The number of sulfone groups is 1. The second kappa shape index (κ2) is 12.2. The number of nitrogens with one attached hydrogen (secondary N) is 1. The second-order valence-corrected chi connectivity index (χ2v) is 12.8. The Morgan fingerprint density at radius 1 is 1.07 bits per heavy atom. The summed E-state index contributed by atoms with van der Waals surface area (Å²) in [5.74, 6) is -2.80. The lowest BCUT2D eigenvalue weighted by molar-refractivity contribution is -0.137. The number of carbonyl (C=O) groups is 3. The first-order chi connectivity index (χ1) is 20.4. The monoisotopic (exact) mass is 628 g/mol. The topological polar surface area (TPSA) is 118 Å². The third-order valence-corrected chi connectivity index (χ3v) is 9.09. The van der Waals surface area contributed by atoms with Crippen LogP contribution in [-0.4, -0.2) is 53.3 Å². The SMILES string of the molecule is CC(=O)c1nn(CC(=O)N(CC(=O)NCc2cccc(Cl)c2F)C2CC2)c2ccc(CS(=O)(=O)c3ccc(F)cc3)cc12. The smallest absolute Gasteiger partial charge is 0.245 e. The van der Waals surface area contributed by atoms with Crippen molar-refractivity contribution in [1.82, 2.24) is 20.0 Å². The van der Waals surface area contributed by atoms with E-state index >= 15 is 0 Å². The number of hydrogen-bond acceptors (Lipinski definition) is 6. The van der Waals surface area contributed by atoms with Gasteiger partial charge in [-0.1, -0.05) is 29.8 Å². The lowest BCUT2D eigenvalue weighted by Crippen LogP contribution is -2.43. The standard InChI is InChI=1S/C30H27ClF2N4O5S/c1-18(38)30-24-13-19(17-43(41,42)23-10-6-21(32)7-11-23)5-12-26(24)37(35-30)16-28(40)36(22-8-9-22)15-27(39)34-14-20-3-2-4-25(31)29(20)33/h2-7,10-13,22H,8-9,14-17H2,1H3,(H,34,39). The molecule has 0 bridgehead atoms. The molecule has 1 saturated carbocycles. The molecule has 9 nitrogen and oxygen atoms in total. The van der Waals surface area contributed by atoms with Gasteiger partial charge in [-0.2, -0.15) is 5.10 Å². The quantitative estimate of drug-likeness (QED) is 0.194. The molecule has 3 aromatic carbocycles. The highest BCUT2D eigenvalue weighted by atomic mass is 35.5. The van der Waals surface area contributed by atoms with Gasteiger partial charge in [-0.05, 0) is 60.9 Å². The minimum Gasteiger partial charge on any atom is -0.350 e. The molecule has 224 valence electrons. The van der Waals surface area contributed by atoms with E-state index in [4.69, 9.17) is 11.6 Å². The van der Waals surface area contributed by atoms with Crippen LogP contribution in [0.15, 0.2) is 65.6 Å². The van der Waals surface area contributed by atoms with E-state index in [0.29, 0.717) is 16.5 Å². The number of ketones is 1. The zero-order valence-electron chi connectivity index (χ0n) is 23.0. The zero-order valence-corrected chi connectivity index (χ0v) is 24.6. The van der Waals surface area contributed by atoms with Crippen LogP contribution in [0.3, 0.4) is 0 Å². The molecular weight excluding hydrogens is 602 g/mol. The van der Waals surface area contributed by atoms with Gasteiger partial charge in [-0.25, -0.2) is 17.2 Å². The van der Waals surface area contributed by atoms with Crippen molar-refractivity contribution in [2.24, 2.45) is 0 Å². The summed E-state index contributed by atoms with van der Waals surface area (Å²) in [5.41, 5.74) is 1.12. The number of hydrogen-bond donors (Lipinski definition) is 1. The Balaban J connectivity index is 1.32. The van der Waals surface area contributed by atoms with Gasteiger partial charge in [-0.15, -0.1) is 0 Å². The van der Waals surface area contributed by atoms with E-state index < -0.39 is 33.3 Å². The Bertz CT molecular complexity index is 1840. The average Bonchev–Trinajstić information content (AvgIpc) is 3.74. The Kier molecular flexibility index (Phi) is 8.61. The van der Waals surface area contributed by atoms with E-state index in [1.807, 2.05) is 0 Å². The van der Waals surface area contributed by atoms with Crippen molar-refractivity contribution in [3.05, 3.63) is 94.1 Å². The summed E-state index contributed by atoms with van der Waals surface area (Å²) in [6.07, 6.45) is 1.46. The molecule has 1 N–H and O–H groups in total. The van der Waals surface area contributed by atoms with Crippen molar-refractivity contribution in [3.63, 3.8) is 0 Å². The maximum Gasteiger partial charge on any atom is 0.245 e. The number of Topliss-reactive ketones (excluding diaryl/α,β-unsaturated/α-hetero) is 1. The van der Waals surface area contributed by atoms with Gasteiger partial charge in [-0.3, -0.25) is 19.1 Å². The van der Waals surface area contributed by atoms with Crippen LogP contribution in [0.5, 0.6) is 0 Å². The molecule has 13 heteroatoms. The number of carbonyl (C=O) groups excluding carboxylic acids is 3. The van der Waals surface area contributed by atoms with Gasteiger partial charge < -0.3 is 10.2 Å². The molecule has 1 aliphatic rings. The maximum absolute atomic E-state index is 14.2. The molecule has 2 amide bonds. The molecule has 0 aliphatic heterocycles. The highest BCUT2D eigenvalue weighted by molar-refractivity contribution is 7.90. The van der Waals surface area contributed by atoms with E-state index in [1.165, 1.54) is 40.8 Å². The number of halogens is 3. The third kappa shape index (κ3) is 6.91. The zero-order chi connectivity index (χ0) is 30.9. The maximum atomic E-state index is 14.2. The number of nitrogens with zero attached hydrogens (tertiary/aromatic N) is 3. The fourth-order valence-corrected chi connectivity index (χ4v) is 6.29. The predicted molar refractivity (Wildman–Crippen MR) is 155 cm³/mol. The first-order valence-corrected chi connectivity index (χ1v) is 15.4. The number of benzene rings is 3. The highest BCUT2D eigenvalue weighted by Crippen LogP contribution is 2.28. The van der Waals surface area contributed by atoms with Crippen LogP contribution in [0.25, 0.3) is 10.9 Å². The van der Waals surface area contributed by atoms with E-state index in [2.05, 4.69) is 10.4 Å². The molecule has 1 aliphatic carbocycles. The van der Waals surface area contributed by atoms with Crippen LogP contribution < -0.4 is 5.32 Å². The van der Waals surface area contributed by atoms with Crippen LogP contribution in [0.4, 0.5) is 8.78 Å². The fourth-order valence-electron chi connectivity index (χ4n) is 4.76. The lowest BCUT2D eigenvalue weighted by atomic mass is 10.1. The number of amides is 2. The molecule has 5 rings (SSSR count). The van der Waals surface area contributed by atoms with Crippen molar-refractivity contribution in [2.75, 3.05) is 6.54 Å². The molecular formula is C30H27ClF2N4O5S. The van der Waals surface area contributed by atoms with Gasteiger partial charge in [0.1, 0.15) is 23.9 Å². The number of fused-ring (bicyclic) bond motifs is 1. The van der Waals surface area contributed by atoms with Gasteiger partial charge in [0.05, 0.1) is 27.7 Å². The first-order valence-electron chi connectivity index (χ1n) is 13.4. The summed E-state index contributed by atoms with van der Waals surface area (Å²) in [7, 11) is -3.80. The van der Waals surface area contributed by atoms with Crippen LogP contribution >= 0.6 is 11.6 Å². The molecule has 0 unspecified atom stereocenters. The fraction of sp³-hybridized carbons (Fsp3) is 0.267. The Morgan fingerprint density at radius 3 is 2.47 bits per heavy atom. The Morgan fingerprint density at radius 2 is 1.79 bits per heavy atom. The summed E-state index contributed by atoms with van der Waals surface area (Å²) >= 11 is 5.80. The van der Waals surface area contributed by atoms with Gasteiger partial charge in [0.15, 0.2) is 15.6 Å². The molecule has 43 heavy (non-hydrogen) atoms. The van der Waals surface area contributed by atoms with Crippen molar-refractivity contribution in [1.29, 1.82) is 0 Å². The summed E-state index contributed by atoms with van der Waals surface area (Å²) in [6.45, 7) is 0.724. The van der Waals surface area contributed by atoms with Crippen molar-refractivity contribution in [3.8, 4) is 0 Å². The highest BCUT2D eigenvalue weighted by Gasteiger charge is 2.34. The first kappa shape index (κ1) is 30.3. The third-order valence-electron chi connectivity index (χ3n) is 7.09. The molecule has 1 fully saturated rings. The Hall–Kier alpha value is -4.16. The van der Waals surface area contributed by atoms with Crippen molar-refractivity contribution in [2.45, 2.75) is 49.5 Å². The largest absolute Gasteiger partial charge is 0.350 e. The second-order valence-electron chi connectivity index (χ2n) is 10.4. The van der Waals surface area contributed by atoms with E-state index in [-0.39, 0.29) is 58.4 Å². The average molecular weight is 629 g/mol. The molecule has 0 saturated heterocycles. The molecule has 4 aromatic rings. The van der Waals surface area contributed by atoms with Crippen molar-refractivity contribution < 1.29 is 31.6 Å². The summed E-state index contributed by atoms with van der Waals surface area (Å²) in [4.78, 5) is 39.9. The molecule has 1 aromatic heterocycles. The summed E-state index contributed by atoms with van der Waals surface area (Å²) in [5, 5.41) is 7.29. The van der Waals surface area contributed by atoms with Crippen LogP contribution in [0.2, 0.25) is 5.02 Å².